The predicted molar refractivity (Wildman–Crippen MR) is 147 cm³/mol. The second kappa shape index (κ2) is 16.3. The summed E-state index contributed by atoms with van der Waals surface area (Å²) in [5.74, 6) is -0.496. The molecule has 2 unspecified atom stereocenters. The number of allylic oxidation sites excluding steroid dienone is 2. The van der Waals surface area contributed by atoms with Crippen molar-refractivity contribution in [1.82, 2.24) is 5.32 Å². The third-order valence-corrected chi connectivity index (χ3v) is 9.38. The summed E-state index contributed by atoms with van der Waals surface area (Å²) in [5, 5.41) is 12.9. The number of nitrogens with zero attached hydrogens (tertiary/aromatic N) is 2. The summed E-state index contributed by atoms with van der Waals surface area (Å²) in [4.78, 5) is 1.00. The van der Waals surface area contributed by atoms with Crippen molar-refractivity contribution < 1.29 is 25.6 Å². The van der Waals surface area contributed by atoms with Crippen molar-refractivity contribution in [3.8, 4) is 30.0 Å². The number of hydrogen-bond donors (Lipinski definition) is 1. The van der Waals surface area contributed by atoms with Gasteiger partial charge in [-0.3, -0.25) is 0 Å². The van der Waals surface area contributed by atoms with Crippen molar-refractivity contribution in [2.75, 3.05) is 4.43 Å². The Bertz CT molecular complexity index is 1090. The molecule has 6 heteroatoms. The number of nitrogens with one attached hydrogen (secondary N) is 1. The van der Waals surface area contributed by atoms with E-state index in [0.29, 0.717) is 6.04 Å². The number of rotatable bonds is 5. The fraction of sp³-hybridized carbons (Fsp3) is 0.310. The topological polar surface area (TPSA) is 48.2 Å². The number of hydrogen-bond acceptors (Lipinski definition) is 4. The second-order valence-electron chi connectivity index (χ2n) is 7.80. The van der Waals surface area contributed by atoms with Crippen molar-refractivity contribution >= 4 is 23.6 Å². The summed E-state index contributed by atoms with van der Waals surface area (Å²) in [5.41, 5.74) is 4.07. The first kappa shape index (κ1) is 30.6. The Labute approximate surface area is 225 Å². The van der Waals surface area contributed by atoms with Gasteiger partial charge in [0.1, 0.15) is 0 Å². The molecule has 186 valence electrons. The standard InChI is InChI=1S/C24H26FIN3S.C3H6.C2H2/c1-5-23(30-28-4)24-19(17-9-10-18(14-27)21(25)12-17)7-6-8-20(24)22-13-26-15(2)11-16(3)29-22;1-3-2;1-2/h5-10,12,15-16,22,29H,4,11,13H2,1-3H3;3H,1H2,2H3;1-2H/q-1;;/b23-5-;;/t15-,16?,22?;;/m1../s1. The van der Waals surface area contributed by atoms with Gasteiger partial charge in [0.25, 0.3) is 0 Å². The SMILES string of the molecule is C#C.C=CC.C=NS/C(=C\C)c1c(-c2ccc(C#N)c(F)c2)cccc1C1C[I-][C@H](C)CC(C)N1. The van der Waals surface area contributed by atoms with Crippen LogP contribution in [0.15, 0.2) is 59.5 Å². The van der Waals surface area contributed by atoms with E-state index in [-0.39, 0.29) is 32.8 Å². The quantitative estimate of drug-likeness (QED) is 0.138. The van der Waals surface area contributed by atoms with E-state index < -0.39 is 5.82 Å². The van der Waals surface area contributed by atoms with E-state index in [1.807, 2.05) is 44.2 Å². The summed E-state index contributed by atoms with van der Waals surface area (Å²) in [6, 6.07) is 13.7. The molecule has 1 saturated heterocycles. The summed E-state index contributed by atoms with van der Waals surface area (Å²) >= 11 is 1.43. The molecule has 0 spiro atoms. The number of alkyl halides is 2. The molecule has 2 aromatic rings. The molecule has 0 aromatic heterocycles. The van der Waals surface area contributed by atoms with Gasteiger partial charge in [0, 0.05) is 0 Å². The Hall–Kier alpha value is -2.39. The molecule has 0 saturated carbocycles. The average Bonchev–Trinajstić information content (AvgIpc) is 3.03. The first-order valence-electron chi connectivity index (χ1n) is 11.3. The first-order chi connectivity index (χ1) is 16.9. The molecule has 1 aliphatic heterocycles. The van der Waals surface area contributed by atoms with Crippen LogP contribution in [0, 0.1) is 30.0 Å². The molecule has 1 aliphatic rings. The summed E-state index contributed by atoms with van der Waals surface area (Å²) in [6.07, 6.45) is 13.0. The number of terminal acetylenes is 1. The molecule has 0 amide bonds. The van der Waals surface area contributed by atoms with E-state index >= 15 is 0 Å². The van der Waals surface area contributed by atoms with Gasteiger partial charge in [-0.15, -0.1) is 19.4 Å². The summed E-state index contributed by atoms with van der Waals surface area (Å²) < 4.78 is 20.4. The van der Waals surface area contributed by atoms with Crippen molar-refractivity contribution in [3.05, 3.63) is 77.6 Å². The second-order valence-corrected chi connectivity index (χ2v) is 12.6. The van der Waals surface area contributed by atoms with Crippen LogP contribution in [0.5, 0.6) is 0 Å². The molecule has 1 fully saturated rings. The molecular weight excluding hydrogens is 568 g/mol. The zero-order valence-electron chi connectivity index (χ0n) is 20.9. The average molecular weight is 603 g/mol. The Kier molecular flexibility index (Phi) is 14.3. The van der Waals surface area contributed by atoms with E-state index in [4.69, 9.17) is 5.26 Å². The number of halogens is 2. The molecule has 2 aromatic carbocycles. The third-order valence-electron chi connectivity index (χ3n) is 5.21. The predicted octanol–water partition coefficient (Wildman–Crippen LogP) is 4.42. The monoisotopic (exact) mass is 602 g/mol. The van der Waals surface area contributed by atoms with E-state index in [1.165, 1.54) is 30.0 Å². The van der Waals surface area contributed by atoms with Crippen molar-refractivity contribution in [1.29, 1.82) is 5.26 Å². The van der Waals surface area contributed by atoms with E-state index in [9.17, 15) is 4.39 Å². The van der Waals surface area contributed by atoms with Gasteiger partial charge in [-0.05, 0) is 6.92 Å². The zero-order valence-corrected chi connectivity index (χ0v) is 23.9. The Balaban J connectivity index is 0.00000114. The van der Waals surface area contributed by atoms with Crippen LogP contribution in [0.25, 0.3) is 16.0 Å². The van der Waals surface area contributed by atoms with Gasteiger partial charge in [0.2, 0.25) is 0 Å². The number of benzene rings is 2. The van der Waals surface area contributed by atoms with Gasteiger partial charge in [0.05, 0.1) is 0 Å². The third kappa shape index (κ3) is 8.65. The molecule has 3 atom stereocenters. The van der Waals surface area contributed by atoms with E-state index in [1.54, 1.807) is 12.1 Å². The van der Waals surface area contributed by atoms with Gasteiger partial charge in [-0.2, -0.15) is 0 Å². The van der Waals surface area contributed by atoms with Crippen LogP contribution >= 0.6 is 11.9 Å². The van der Waals surface area contributed by atoms with Crippen LogP contribution in [0.4, 0.5) is 4.39 Å². The molecule has 0 bridgehead atoms. The van der Waals surface area contributed by atoms with Gasteiger partial charge in [-0.25, -0.2) is 0 Å². The summed E-state index contributed by atoms with van der Waals surface area (Å²) in [6.45, 7) is 15.5. The molecule has 0 aliphatic carbocycles. The van der Waals surface area contributed by atoms with Gasteiger partial charge < -0.3 is 0 Å². The van der Waals surface area contributed by atoms with Gasteiger partial charge in [0.15, 0.2) is 0 Å². The van der Waals surface area contributed by atoms with Crippen LogP contribution in [0.1, 0.15) is 56.8 Å². The molecule has 0 radical (unpaired) electrons. The van der Waals surface area contributed by atoms with Gasteiger partial charge in [-0.1, -0.05) is 6.08 Å². The maximum absolute atomic E-state index is 14.4. The normalized spacial score (nSPS) is 19.7. The van der Waals surface area contributed by atoms with Crippen molar-refractivity contribution in [2.24, 2.45) is 4.40 Å². The van der Waals surface area contributed by atoms with Crippen LogP contribution in [0.2, 0.25) is 0 Å². The number of nitriles is 1. The minimum atomic E-state index is -0.496. The van der Waals surface area contributed by atoms with E-state index in [0.717, 1.165) is 29.9 Å². The molecule has 3 rings (SSSR count). The first-order valence-corrected chi connectivity index (χ1v) is 14.8. The Morgan fingerprint density at radius 2 is 1.97 bits per heavy atom. The molecule has 1 heterocycles. The molecule has 3 nitrogen and oxygen atoms in total. The fourth-order valence-electron chi connectivity index (χ4n) is 3.88. The minimum absolute atomic E-state index is 0.0582. The van der Waals surface area contributed by atoms with Gasteiger partial charge >= 0.3 is 194 Å². The molecular formula is C29H34FIN3S-. The summed E-state index contributed by atoms with van der Waals surface area (Å²) in [7, 11) is 0. The Morgan fingerprint density at radius 1 is 1.29 bits per heavy atom. The maximum atomic E-state index is 14.4. The van der Waals surface area contributed by atoms with Crippen LogP contribution in [0.3, 0.4) is 0 Å². The zero-order chi connectivity index (χ0) is 26.4. The van der Waals surface area contributed by atoms with Crippen LogP contribution in [-0.2, 0) is 0 Å². The van der Waals surface area contributed by atoms with E-state index in [2.05, 4.69) is 55.8 Å². The van der Waals surface area contributed by atoms with Crippen molar-refractivity contribution in [2.45, 2.75) is 50.1 Å². The molecule has 35 heavy (non-hydrogen) atoms. The van der Waals surface area contributed by atoms with Crippen LogP contribution in [-0.4, -0.2) is 21.1 Å². The Morgan fingerprint density at radius 3 is 2.54 bits per heavy atom. The van der Waals surface area contributed by atoms with Crippen LogP contribution < -0.4 is 26.5 Å². The van der Waals surface area contributed by atoms with Crippen molar-refractivity contribution in [3.63, 3.8) is 0 Å². The fourth-order valence-corrected chi connectivity index (χ4v) is 7.67. The molecule has 1 N–H and O–H groups in total.